The number of rotatable bonds is 5. The van der Waals surface area contributed by atoms with Gasteiger partial charge in [0.15, 0.2) is 5.96 Å². The van der Waals surface area contributed by atoms with Gasteiger partial charge in [-0.1, -0.05) is 19.3 Å². The van der Waals surface area contributed by atoms with Gasteiger partial charge in [0.2, 0.25) is 11.8 Å². The molecule has 3 aliphatic rings. The van der Waals surface area contributed by atoms with E-state index in [2.05, 4.69) is 15.6 Å². The number of likely N-dealkylation sites (tertiary alicyclic amines) is 2. The molecule has 0 aromatic rings. The molecule has 0 aromatic heterocycles. The van der Waals surface area contributed by atoms with E-state index in [0.717, 1.165) is 64.8 Å². The first kappa shape index (κ1) is 20.9. The summed E-state index contributed by atoms with van der Waals surface area (Å²) in [7, 11) is 0. The minimum Gasteiger partial charge on any atom is -0.357 e. The van der Waals surface area contributed by atoms with Crippen LogP contribution < -0.4 is 10.6 Å². The van der Waals surface area contributed by atoms with Crippen LogP contribution in [0.4, 0.5) is 0 Å². The highest BCUT2D eigenvalue weighted by atomic mass is 16.2. The van der Waals surface area contributed by atoms with Crippen molar-refractivity contribution < 1.29 is 9.59 Å². The van der Waals surface area contributed by atoms with E-state index in [4.69, 9.17) is 0 Å². The molecule has 1 saturated carbocycles. The van der Waals surface area contributed by atoms with Crippen LogP contribution in [0.15, 0.2) is 4.99 Å². The Morgan fingerprint density at radius 3 is 2.36 bits per heavy atom. The lowest BCUT2D eigenvalue weighted by Crippen LogP contribution is -2.46. The normalized spacial score (nSPS) is 24.3. The summed E-state index contributed by atoms with van der Waals surface area (Å²) in [5.41, 5.74) is 0. The molecule has 2 aliphatic heterocycles. The summed E-state index contributed by atoms with van der Waals surface area (Å²) in [4.78, 5) is 33.6. The lowest BCUT2D eigenvalue weighted by molar-refractivity contribution is -0.135. The third-order valence-electron chi connectivity index (χ3n) is 6.22. The molecule has 2 N–H and O–H groups in total. The molecular weight excluding hydrogens is 354 g/mol. The Balaban J connectivity index is 1.48. The lowest BCUT2D eigenvalue weighted by Gasteiger charge is -2.27. The van der Waals surface area contributed by atoms with Gasteiger partial charge >= 0.3 is 0 Å². The molecular formula is C21H37N5O2. The van der Waals surface area contributed by atoms with Gasteiger partial charge in [-0.2, -0.15) is 0 Å². The maximum absolute atomic E-state index is 12.7. The number of hydrogen-bond acceptors (Lipinski definition) is 3. The van der Waals surface area contributed by atoms with Crippen molar-refractivity contribution in [3.8, 4) is 0 Å². The lowest BCUT2D eigenvalue weighted by atomic mass is 9.88. The van der Waals surface area contributed by atoms with Gasteiger partial charge in [0.25, 0.3) is 0 Å². The molecule has 2 amide bonds. The number of aliphatic imine (C=N–C) groups is 1. The highest BCUT2D eigenvalue weighted by Gasteiger charge is 2.31. The molecule has 0 aromatic carbocycles. The standard InChI is InChI=1S/C21H37N5O2/c1-2-22-21(23-15-19(27)25-12-7-4-8-13-25)24-18-11-14-26(16-18)20(28)17-9-5-3-6-10-17/h17-18H,2-16H2,1H3,(H2,22,23,24). The second-order valence-electron chi connectivity index (χ2n) is 8.39. The van der Waals surface area contributed by atoms with Crippen LogP contribution in [0.3, 0.4) is 0 Å². The van der Waals surface area contributed by atoms with Crippen molar-refractivity contribution in [2.24, 2.45) is 10.9 Å². The topological polar surface area (TPSA) is 77.0 Å². The predicted molar refractivity (Wildman–Crippen MR) is 111 cm³/mol. The maximum atomic E-state index is 12.7. The fourth-order valence-electron chi connectivity index (χ4n) is 4.59. The van der Waals surface area contributed by atoms with Gasteiger partial charge in [0.05, 0.1) is 0 Å². The van der Waals surface area contributed by atoms with Gasteiger partial charge in [-0.25, -0.2) is 4.99 Å². The van der Waals surface area contributed by atoms with E-state index in [1.54, 1.807) is 0 Å². The van der Waals surface area contributed by atoms with Gasteiger partial charge in [-0.05, 0) is 45.4 Å². The molecule has 28 heavy (non-hydrogen) atoms. The average Bonchev–Trinajstić information content (AvgIpc) is 3.21. The van der Waals surface area contributed by atoms with Crippen LogP contribution in [0.25, 0.3) is 0 Å². The third kappa shape index (κ3) is 5.85. The number of carbonyl (C=O) groups excluding carboxylic acids is 2. The van der Waals surface area contributed by atoms with Crippen molar-refractivity contribution in [3.05, 3.63) is 0 Å². The van der Waals surface area contributed by atoms with Gasteiger partial charge < -0.3 is 20.4 Å². The van der Waals surface area contributed by atoms with E-state index < -0.39 is 0 Å². The molecule has 0 bridgehead atoms. The number of guanidine groups is 1. The number of nitrogens with zero attached hydrogens (tertiary/aromatic N) is 3. The highest BCUT2D eigenvalue weighted by molar-refractivity contribution is 5.85. The van der Waals surface area contributed by atoms with Gasteiger partial charge in [0, 0.05) is 44.7 Å². The fourth-order valence-corrected chi connectivity index (χ4v) is 4.59. The Kier molecular flexibility index (Phi) is 7.98. The smallest absolute Gasteiger partial charge is 0.244 e. The van der Waals surface area contributed by atoms with Crippen molar-refractivity contribution in [1.82, 2.24) is 20.4 Å². The molecule has 3 fully saturated rings. The molecule has 7 nitrogen and oxygen atoms in total. The first-order valence-electron chi connectivity index (χ1n) is 11.3. The van der Waals surface area contributed by atoms with Crippen molar-refractivity contribution in [1.29, 1.82) is 0 Å². The van der Waals surface area contributed by atoms with E-state index in [1.807, 2.05) is 16.7 Å². The average molecular weight is 392 g/mol. The molecule has 1 aliphatic carbocycles. The summed E-state index contributed by atoms with van der Waals surface area (Å²) in [6.45, 7) is 6.24. The van der Waals surface area contributed by atoms with E-state index in [9.17, 15) is 9.59 Å². The SMILES string of the molecule is CCNC(=NCC(=O)N1CCCCC1)NC1CCN(C(=O)C2CCCCC2)C1. The summed E-state index contributed by atoms with van der Waals surface area (Å²) < 4.78 is 0. The quantitative estimate of drug-likeness (QED) is 0.553. The first-order valence-corrected chi connectivity index (χ1v) is 11.3. The number of piperidine rings is 1. The summed E-state index contributed by atoms with van der Waals surface area (Å²) in [5.74, 6) is 1.37. The molecule has 1 atom stereocenters. The monoisotopic (exact) mass is 391 g/mol. The van der Waals surface area contributed by atoms with Crippen LogP contribution in [0.5, 0.6) is 0 Å². The Bertz CT molecular complexity index is 553. The van der Waals surface area contributed by atoms with Crippen LogP contribution in [-0.2, 0) is 9.59 Å². The molecule has 1 unspecified atom stereocenters. The van der Waals surface area contributed by atoms with Crippen molar-refractivity contribution in [2.75, 3.05) is 39.3 Å². The zero-order chi connectivity index (χ0) is 19.8. The predicted octanol–water partition coefficient (Wildman–Crippen LogP) is 1.74. The summed E-state index contributed by atoms with van der Waals surface area (Å²) >= 11 is 0. The summed E-state index contributed by atoms with van der Waals surface area (Å²) in [6.07, 6.45) is 10.1. The largest absolute Gasteiger partial charge is 0.357 e. The second-order valence-corrected chi connectivity index (χ2v) is 8.39. The van der Waals surface area contributed by atoms with Crippen LogP contribution in [0.2, 0.25) is 0 Å². The minimum atomic E-state index is 0.109. The van der Waals surface area contributed by atoms with Crippen molar-refractivity contribution in [3.63, 3.8) is 0 Å². The molecule has 7 heteroatoms. The maximum Gasteiger partial charge on any atom is 0.244 e. The van der Waals surface area contributed by atoms with Crippen LogP contribution in [0, 0.1) is 5.92 Å². The Labute approximate surface area is 169 Å². The Morgan fingerprint density at radius 2 is 1.64 bits per heavy atom. The number of nitrogens with one attached hydrogen (secondary N) is 2. The van der Waals surface area contributed by atoms with E-state index in [0.29, 0.717) is 11.9 Å². The number of hydrogen-bond donors (Lipinski definition) is 2. The molecule has 158 valence electrons. The molecule has 2 saturated heterocycles. The van der Waals surface area contributed by atoms with Crippen molar-refractivity contribution >= 4 is 17.8 Å². The van der Waals surface area contributed by atoms with Gasteiger partial charge in [0.1, 0.15) is 6.54 Å². The fraction of sp³-hybridized carbons (Fsp3) is 0.857. The third-order valence-corrected chi connectivity index (χ3v) is 6.22. The van der Waals surface area contributed by atoms with E-state index in [1.165, 1.54) is 25.7 Å². The van der Waals surface area contributed by atoms with E-state index in [-0.39, 0.29) is 24.4 Å². The summed E-state index contributed by atoms with van der Waals surface area (Å²) in [5, 5.41) is 6.68. The highest BCUT2D eigenvalue weighted by Crippen LogP contribution is 2.26. The van der Waals surface area contributed by atoms with Crippen LogP contribution in [0.1, 0.15) is 64.7 Å². The Hall–Kier alpha value is -1.79. The zero-order valence-electron chi connectivity index (χ0n) is 17.4. The van der Waals surface area contributed by atoms with E-state index >= 15 is 0 Å². The zero-order valence-corrected chi connectivity index (χ0v) is 17.4. The Morgan fingerprint density at radius 1 is 0.929 bits per heavy atom. The molecule has 2 heterocycles. The molecule has 0 spiro atoms. The van der Waals surface area contributed by atoms with Gasteiger partial charge in [-0.15, -0.1) is 0 Å². The number of amides is 2. The number of carbonyl (C=O) groups is 2. The molecule has 0 radical (unpaired) electrons. The van der Waals surface area contributed by atoms with Crippen LogP contribution >= 0.6 is 0 Å². The van der Waals surface area contributed by atoms with Crippen LogP contribution in [-0.4, -0.2) is 72.9 Å². The summed E-state index contributed by atoms with van der Waals surface area (Å²) in [6, 6.07) is 0.204. The first-order chi connectivity index (χ1) is 13.7. The minimum absolute atomic E-state index is 0.109. The van der Waals surface area contributed by atoms with Gasteiger partial charge in [-0.3, -0.25) is 9.59 Å². The molecule has 3 rings (SSSR count). The second kappa shape index (κ2) is 10.7. The van der Waals surface area contributed by atoms with Crippen molar-refractivity contribution in [2.45, 2.75) is 70.8 Å².